The van der Waals surface area contributed by atoms with E-state index in [1.165, 1.54) is 24.0 Å². The van der Waals surface area contributed by atoms with Gasteiger partial charge in [0.05, 0.1) is 14.2 Å². The van der Waals surface area contributed by atoms with Crippen molar-refractivity contribution in [2.24, 2.45) is 5.73 Å². The van der Waals surface area contributed by atoms with Gasteiger partial charge in [-0.3, -0.25) is 0 Å². The second-order valence-electron chi connectivity index (χ2n) is 4.47. The highest BCUT2D eigenvalue weighted by molar-refractivity contribution is 5.47. The van der Waals surface area contributed by atoms with E-state index in [0.717, 1.165) is 30.8 Å². The SMILES string of the molecule is CCCCc1cc(OC)cc(CCCN)c1OC. The summed E-state index contributed by atoms with van der Waals surface area (Å²) < 4.78 is 10.9. The summed E-state index contributed by atoms with van der Waals surface area (Å²) in [5.41, 5.74) is 8.03. The van der Waals surface area contributed by atoms with Crippen LogP contribution in [-0.2, 0) is 12.8 Å². The van der Waals surface area contributed by atoms with Crippen LogP contribution < -0.4 is 15.2 Å². The summed E-state index contributed by atoms with van der Waals surface area (Å²) in [6.45, 7) is 2.90. The molecular weight excluding hydrogens is 226 g/mol. The van der Waals surface area contributed by atoms with Crippen LogP contribution in [0.1, 0.15) is 37.3 Å². The molecule has 2 N–H and O–H groups in total. The van der Waals surface area contributed by atoms with Gasteiger partial charge in [0.2, 0.25) is 0 Å². The van der Waals surface area contributed by atoms with Gasteiger partial charge in [0, 0.05) is 0 Å². The number of unbranched alkanes of at least 4 members (excludes halogenated alkanes) is 1. The fourth-order valence-corrected chi connectivity index (χ4v) is 2.13. The number of aryl methyl sites for hydroxylation is 2. The Morgan fingerprint density at radius 3 is 2.06 bits per heavy atom. The first-order chi connectivity index (χ1) is 8.76. The standard InChI is InChI=1S/C15H25NO2/c1-4-5-7-12-10-14(17-2)11-13(8-6-9-16)15(12)18-3/h10-11H,4-9,16H2,1-3H3. The van der Waals surface area contributed by atoms with Gasteiger partial charge in [-0.2, -0.15) is 0 Å². The van der Waals surface area contributed by atoms with Crippen molar-refractivity contribution in [2.75, 3.05) is 20.8 Å². The molecule has 0 radical (unpaired) electrons. The minimum atomic E-state index is 0.699. The predicted octanol–water partition coefficient (Wildman–Crippen LogP) is 2.94. The molecule has 0 fully saturated rings. The fourth-order valence-electron chi connectivity index (χ4n) is 2.13. The molecule has 0 aromatic heterocycles. The summed E-state index contributed by atoms with van der Waals surface area (Å²) in [4.78, 5) is 0. The highest BCUT2D eigenvalue weighted by Crippen LogP contribution is 2.31. The average Bonchev–Trinajstić information content (AvgIpc) is 2.41. The smallest absolute Gasteiger partial charge is 0.125 e. The Labute approximate surface area is 110 Å². The zero-order valence-corrected chi connectivity index (χ0v) is 11.8. The summed E-state index contributed by atoms with van der Waals surface area (Å²) in [7, 11) is 3.45. The minimum absolute atomic E-state index is 0.699. The molecule has 102 valence electrons. The monoisotopic (exact) mass is 251 g/mol. The van der Waals surface area contributed by atoms with Crippen molar-refractivity contribution in [1.82, 2.24) is 0 Å². The third-order valence-electron chi connectivity index (χ3n) is 3.11. The first kappa shape index (κ1) is 14.8. The Hall–Kier alpha value is -1.22. The molecule has 0 heterocycles. The van der Waals surface area contributed by atoms with Gasteiger partial charge in [-0.15, -0.1) is 0 Å². The number of rotatable bonds is 8. The molecule has 1 rings (SSSR count). The lowest BCUT2D eigenvalue weighted by Gasteiger charge is -2.15. The first-order valence-corrected chi connectivity index (χ1v) is 6.70. The van der Waals surface area contributed by atoms with Gasteiger partial charge < -0.3 is 15.2 Å². The molecular formula is C15H25NO2. The highest BCUT2D eigenvalue weighted by atomic mass is 16.5. The molecule has 0 spiro atoms. The Morgan fingerprint density at radius 1 is 1.00 bits per heavy atom. The lowest BCUT2D eigenvalue weighted by atomic mass is 10.00. The molecule has 0 bridgehead atoms. The Balaban J connectivity index is 3.04. The van der Waals surface area contributed by atoms with E-state index in [9.17, 15) is 0 Å². The van der Waals surface area contributed by atoms with Gasteiger partial charge in [0.1, 0.15) is 11.5 Å². The van der Waals surface area contributed by atoms with Gasteiger partial charge in [0.25, 0.3) is 0 Å². The molecule has 0 unspecified atom stereocenters. The molecule has 0 atom stereocenters. The van der Waals surface area contributed by atoms with Crippen LogP contribution in [0.3, 0.4) is 0 Å². The molecule has 0 amide bonds. The topological polar surface area (TPSA) is 44.5 Å². The number of hydrogen-bond acceptors (Lipinski definition) is 3. The Bertz CT molecular complexity index is 335. The predicted molar refractivity (Wildman–Crippen MR) is 75.5 cm³/mol. The summed E-state index contributed by atoms with van der Waals surface area (Å²) >= 11 is 0. The largest absolute Gasteiger partial charge is 0.497 e. The fraction of sp³-hybridized carbons (Fsp3) is 0.600. The first-order valence-electron chi connectivity index (χ1n) is 6.70. The van der Waals surface area contributed by atoms with E-state index in [4.69, 9.17) is 15.2 Å². The van der Waals surface area contributed by atoms with E-state index in [1.54, 1.807) is 14.2 Å². The molecule has 1 aromatic rings. The normalized spacial score (nSPS) is 10.4. The van der Waals surface area contributed by atoms with E-state index in [-0.39, 0.29) is 0 Å². The van der Waals surface area contributed by atoms with Crippen molar-refractivity contribution in [3.8, 4) is 11.5 Å². The molecule has 0 saturated carbocycles. The van der Waals surface area contributed by atoms with Gasteiger partial charge in [-0.1, -0.05) is 13.3 Å². The van der Waals surface area contributed by atoms with Crippen LogP contribution >= 0.6 is 0 Å². The van der Waals surface area contributed by atoms with Crippen molar-refractivity contribution in [2.45, 2.75) is 39.0 Å². The summed E-state index contributed by atoms with van der Waals surface area (Å²) in [5, 5.41) is 0. The Kier molecular flexibility index (Phi) is 6.58. The minimum Gasteiger partial charge on any atom is -0.497 e. The molecule has 0 aliphatic carbocycles. The number of hydrogen-bond donors (Lipinski definition) is 1. The van der Waals surface area contributed by atoms with E-state index < -0.39 is 0 Å². The summed E-state index contributed by atoms with van der Waals surface area (Å²) in [6.07, 6.45) is 5.29. The number of ether oxygens (including phenoxy) is 2. The van der Waals surface area contributed by atoms with Crippen LogP contribution in [-0.4, -0.2) is 20.8 Å². The lowest BCUT2D eigenvalue weighted by Crippen LogP contribution is -2.04. The van der Waals surface area contributed by atoms with E-state index >= 15 is 0 Å². The van der Waals surface area contributed by atoms with Gasteiger partial charge in [-0.05, 0) is 55.5 Å². The maximum absolute atomic E-state index is 5.58. The zero-order chi connectivity index (χ0) is 13.4. The van der Waals surface area contributed by atoms with Gasteiger partial charge in [0.15, 0.2) is 0 Å². The molecule has 0 aliphatic heterocycles. The molecule has 1 aromatic carbocycles. The van der Waals surface area contributed by atoms with Gasteiger partial charge >= 0.3 is 0 Å². The average molecular weight is 251 g/mol. The third kappa shape index (κ3) is 3.91. The zero-order valence-electron chi connectivity index (χ0n) is 11.8. The lowest BCUT2D eigenvalue weighted by molar-refractivity contribution is 0.393. The molecule has 18 heavy (non-hydrogen) atoms. The number of nitrogens with two attached hydrogens (primary N) is 1. The van der Waals surface area contributed by atoms with Crippen LogP contribution in [0.2, 0.25) is 0 Å². The van der Waals surface area contributed by atoms with E-state index in [2.05, 4.69) is 19.1 Å². The van der Waals surface area contributed by atoms with Crippen LogP contribution in [0.4, 0.5) is 0 Å². The van der Waals surface area contributed by atoms with Crippen molar-refractivity contribution >= 4 is 0 Å². The van der Waals surface area contributed by atoms with E-state index in [1.807, 2.05) is 0 Å². The number of benzene rings is 1. The number of methoxy groups -OCH3 is 2. The Morgan fingerprint density at radius 2 is 1.61 bits per heavy atom. The second kappa shape index (κ2) is 7.98. The van der Waals surface area contributed by atoms with Crippen LogP contribution in [0.5, 0.6) is 11.5 Å². The maximum Gasteiger partial charge on any atom is 0.125 e. The molecule has 0 saturated heterocycles. The third-order valence-corrected chi connectivity index (χ3v) is 3.11. The van der Waals surface area contributed by atoms with E-state index in [0.29, 0.717) is 6.54 Å². The summed E-state index contributed by atoms with van der Waals surface area (Å²) in [5.74, 6) is 1.92. The second-order valence-corrected chi connectivity index (χ2v) is 4.47. The molecule has 0 aliphatic rings. The van der Waals surface area contributed by atoms with Crippen molar-refractivity contribution < 1.29 is 9.47 Å². The van der Waals surface area contributed by atoms with Crippen molar-refractivity contribution in [3.05, 3.63) is 23.3 Å². The van der Waals surface area contributed by atoms with Crippen molar-refractivity contribution in [3.63, 3.8) is 0 Å². The molecule has 3 heteroatoms. The highest BCUT2D eigenvalue weighted by Gasteiger charge is 2.11. The summed E-state index contributed by atoms with van der Waals surface area (Å²) in [6, 6.07) is 4.14. The van der Waals surface area contributed by atoms with Crippen LogP contribution in [0.15, 0.2) is 12.1 Å². The van der Waals surface area contributed by atoms with Crippen LogP contribution in [0, 0.1) is 0 Å². The molecule has 3 nitrogen and oxygen atoms in total. The van der Waals surface area contributed by atoms with Crippen LogP contribution in [0.25, 0.3) is 0 Å². The van der Waals surface area contributed by atoms with Gasteiger partial charge in [-0.25, -0.2) is 0 Å². The van der Waals surface area contributed by atoms with Crippen molar-refractivity contribution in [1.29, 1.82) is 0 Å². The quantitative estimate of drug-likeness (QED) is 0.772. The maximum atomic E-state index is 5.58.